The van der Waals surface area contributed by atoms with Gasteiger partial charge in [-0.1, -0.05) is 0 Å². The van der Waals surface area contributed by atoms with Gasteiger partial charge in [0, 0.05) is 0 Å². The Bertz CT molecular complexity index is 298. The van der Waals surface area contributed by atoms with E-state index in [9.17, 15) is 0 Å². The molecular weight excluding hydrogens is 373 g/mol. The molecule has 0 fully saturated rings. The van der Waals surface area contributed by atoms with Gasteiger partial charge in [0.15, 0.2) is 0 Å². The summed E-state index contributed by atoms with van der Waals surface area (Å²) in [6.45, 7) is 0. The maximum absolute atomic E-state index is 8.58. The van der Waals surface area contributed by atoms with Crippen molar-refractivity contribution < 1.29 is 73.8 Å². The van der Waals surface area contributed by atoms with Crippen molar-refractivity contribution in [2.45, 2.75) is 0 Å². The minimum Gasteiger partial charge on any atom is 2.00 e. The van der Waals surface area contributed by atoms with Gasteiger partial charge in [-0.05, 0) is 0 Å². The Morgan fingerprint density at radius 1 is 0.571 bits per heavy atom. The summed E-state index contributed by atoms with van der Waals surface area (Å²) in [4.78, 5) is 0. The van der Waals surface area contributed by atoms with Crippen molar-refractivity contribution in [1.82, 2.24) is 0 Å². The number of rotatable bonds is 0. The minimum absolute atomic E-state index is 0. The van der Waals surface area contributed by atoms with Crippen LogP contribution in [0.5, 0.6) is 0 Å². The van der Waals surface area contributed by atoms with Crippen LogP contribution in [0.2, 0.25) is 0 Å². The van der Waals surface area contributed by atoms with Gasteiger partial charge in [-0.15, -0.1) is 0 Å². The van der Waals surface area contributed by atoms with Crippen molar-refractivity contribution in [2.24, 2.45) is 0 Å². The molecule has 0 aromatic carbocycles. The van der Waals surface area contributed by atoms with E-state index < -0.39 is 25.9 Å². The summed E-state index contributed by atoms with van der Waals surface area (Å²) in [7, 11) is 0. The fourth-order valence-corrected chi connectivity index (χ4v) is 0. The standard InChI is InChI=1S/2Mn.3H2O.8O.Sr/h;;3*1H2;;;;;;;;;/q;;;;;;;;;;;2*-1;+2. The van der Waals surface area contributed by atoms with Crippen molar-refractivity contribution >= 4 is 45.5 Å². The molecule has 0 aromatic rings. The fourth-order valence-electron chi connectivity index (χ4n) is 0. The van der Waals surface area contributed by atoms with Crippen LogP contribution in [0.15, 0.2) is 0 Å². The van der Waals surface area contributed by atoms with Gasteiger partial charge < -0.3 is 16.4 Å². The molecule has 0 saturated carbocycles. The quantitative estimate of drug-likeness (QED) is 0.365. The molecule has 14 heavy (non-hydrogen) atoms. The summed E-state index contributed by atoms with van der Waals surface area (Å²) in [6, 6.07) is 0. The second kappa shape index (κ2) is 14.1. The predicted molar refractivity (Wildman–Crippen MR) is 20.7 cm³/mol. The van der Waals surface area contributed by atoms with Crippen molar-refractivity contribution in [3.63, 3.8) is 0 Å². The third-order valence-electron chi connectivity index (χ3n) is 0. The normalized spacial score (nSPS) is 8.14. The van der Waals surface area contributed by atoms with Crippen LogP contribution in [0.4, 0.5) is 0 Å². The first-order valence-electron chi connectivity index (χ1n) is 1.23. The van der Waals surface area contributed by atoms with Gasteiger partial charge in [-0.3, -0.25) is 0 Å². The molecule has 0 rings (SSSR count). The van der Waals surface area contributed by atoms with Crippen LogP contribution in [0.3, 0.4) is 0 Å². The Morgan fingerprint density at radius 2 is 0.571 bits per heavy atom. The molecule has 0 unspecified atom stereocenters. The van der Waals surface area contributed by atoms with Gasteiger partial charge >= 0.3 is 103 Å². The zero-order chi connectivity index (χ0) is 9.00. The third-order valence-corrected chi connectivity index (χ3v) is 0. The van der Waals surface area contributed by atoms with Crippen LogP contribution >= 0.6 is 0 Å². The van der Waals surface area contributed by atoms with E-state index >= 15 is 0 Å². The van der Waals surface area contributed by atoms with Gasteiger partial charge in [0.2, 0.25) is 0 Å². The summed E-state index contributed by atoms with van der Waals surface area (Å²) in [5.74, 6) is 0. The van der Waals surface area contributed by atoms with E-state index in [2.05, 4.69) is 0 Å². The van der Waals surface area contributed by atoms with Crippen LogP contribution in [-0.4, -0.2) is 61.9 Å². The van der Waals surface area contributed by atoms with E-state index in [4.69, 9.17) is 31.4 Å². The Hall–Kier alpha value is 1.12. The minimum atomic E-state index is -5.62. The van der Waals surface area contributed by atoms with Crippen LogP contribution in [0.1, 0.15) is 0 Å². The monoisotopic (exact) mass is 380 g/mol. The fraction of sp³-hybridized carbons (Fsp3) is 0. The molecule has 0 radical (unpaired) electrons. The largest absolute Gasteiger partial charge is 2.00 e. The van der Waals surface area contributed by atoms with Gasteiger partial charge in [0.1, 0.15) is 0 Å². The molecular formula is H6Mn2O11Sr. The maximum atomic E-state index is 8.58. The summed E-state index contributed by atoms with van der Waals surface area (Å²) in [6.07, 6.45) is 0. The van der Waals surface area contributed by atoms with Gasteiger partial charge in [0.25, 0.3) is 0 Å². The second-order valence-electron chi connectivity index (χ2n) is 0.756. The Labute approximate surface area is 118 Å². The number of hydrogen-bond donors (Lipinski definition) is 0. The number of hydrogen-bond acceptors (Lipinski definition) is 8. The van der Waals surface area contributed by atoms with Crippen LogP contribution in [0, 0.1) is 0 Å². The molecule has 0 aliphatic rings. The van der Waals surface area contributed by atoms with Crippen LogP contribution in [0.25, 0.3) is 0 Å². The molecule has 0 bridgehead atoms. The van der Waals surface area contributed by atoms with Gasteiger partial charge in [-0.2, -0.15) is 0 Å². The molecule has 0 aromatic heterocycles. The SMILES string of the molecule is O.O.O.[O]=[Mn](=[O])(=[O])[O-].[O]=[Mn](=[O])(=[O])[O-].[Sr+2]. The van der Waals surface area contributed by atoms with Crippen LogP contribution in [-0.2, 0) is 48.9 Å². The molecule has 88 valence electrons. The van der Waals surface area contributed by atoms with Crippen molar-refractivity contribution in [3.8, 4) is 0 Å². The van der Waals surface area contributed by atoms with E-state index in [1.165, 1.54) is 0 Å². The van der Waals surface area contributed by atoms with Gasteiger partial charge in [0.05, 0.1) is 0 Å². The zero-order valence-corrected chi connectivity index (χ0v) is 12.1. The smallest absolute Gasteiger partial charge is 2.00 e. The van der Waals surface area contributed by atoms with Crippen LogP contribution < -0.4 is 8.38 Å². The zero-order valence-electron chi connectivity index (χ0n) is 6.23. The Balaban J connectivity index is -0.0000000178. The molecule has 0 spiro atoms. The molecule has 11 nitrogen and oxygen atoms in total. The van der Waals surface area contributed by atoms with E-state index in [-0.39, 0.29) is 61.9 Å². The average Bonchev–Trinajstić information content (AvgIpc) is 1.12. The van der Waals surface area contributed by atoms with E-state index in [0.717, 1.165) is 0 Å². The second-order valence-corrected chi connectivity index (χ2v) is 3.12. The average molecular weight is 380 g/mol. The molecule has 0 aliphatic heterocycles. The molecule has 0 aliphatic carbocycles. The van der Waals surface area contributed by atoms with Crippen molar-refractivity contribution in [2.75, 3.05) is 0 Å². The Kier molecular flexibility index (Phi) is 36.6. The molecule has 14 heteroatoms. The topological polar surface area (TPSA) is 243 Å². The first-order valence-corrected chi connectivity index (χ1v) is 5.09. The molecule has 0 atom stereocenters. The summed E-state index contributed by atoms with van der Waals surface area (Å²) >= 11 is -11.2. The van der Waals surface area contributed by atoms with E-state index in [1.54, 1.807) is 0 Å². The Morgan fingerprint density at radius 3 is 0.571 bits per heavy atom. The molecule has 0 amide bonds. The third kappa shape index (κ3) is 1540. The molecule has 0 saturated heterocycles. The van der Waals surface area contributed by atoms with Crippen molar-refractivity contribution in [3.05, 3.63) is 0 Å². The summed E-state index contributed by atoms with van der Waals surface area (Å²) in [5, 5.41) is 0. The molecule has 0 heterocycles. The predicted octanol–water partition coefficient (Wildman–Crippen LogP) is -5.95. The summed E-state index contributed by atoms with van der Waals surface area (Å²) < 4.78 is 68.6. The van der Waals surface area contributed by atoms with E-state index in [1.807, 2.05) is 0 Å². The molecule has 6 N–H and O–H groups in total. The van der Waals surface area contributed by atoms with E-state index in [0.29, 0.717) is 0 Å². The van der Waals surface area contributed by atoms with Crippen molar-refractivity contribution in [1.29, 1.82) is 0 Å². The van der Waals surface area contributed by atoms with Gasteiger partial charge in [-0.25, -0.2) is 0 Å². The summed E-state index contributed by atoms with van der Waals surface area (Å²) in [5.41, 5.74) is 0. The first kappa shape index (κ1) is 36.2. The first-order chi connectivity index (χ1) is 4.00. The maximum Gasteiger partial charge on any atom is 2.00 e.